The number of aromatic hydroxyl groups is 1. The Bertz CT molecular complexity index is 927. The fourth-order valence-electron chi connectivity index (χ4n) is 3.11. The molecule has 0 bridgehead atoms. The van der Waals surface area contributed by atoms with Gasteiger partial charge in [0.1, 0.15) is 0 Å². The Morgan fingerprint density at radius 3 is 2.79 bits per heavy atom. The van der Waals surface area contributed by atoms with Crippen LogP contribution in [0.1, 0.15) is 22.9 Å². The molecule has 1 aliphatic rings. The molecule has 0 saturated heterocycles. The van der Waals surface area contributed by atoms with Gasteiger partial charge < -0.3 is 9.84 Å². The Morgan fingerprint density at radius 1 is 1.21 bits per heavy atom. The van der Waals surface area contributed by atoms with Crippen LogP contribution in [0.3, 0.4) is 0 Å². The second kappa shape index (κ2) is 6.24. The molecular weight excluding hydrogens is 344 g/mol. The number of thioether (sulfide) groups is 1. The van der Waals surface area contributed by atoms with Gasteiger partial charge in [-0.2, -0.15) is 4.98 Å². The second-order valence-electron chi connectivity index (χ2n) is 5.65. The molecule has 0 amide bonds. The summed E-state index contributed by atoms with van der Waals surface area (Å²) in [6.07, 6.45) is 2.33. The second-order valence-corrected chi connectivity index (χ2v) is 6.83. The van der Waals surface area contributed by atoms with Crippen molar-refractivity contribution in [2.45, 2.75) is 24.3 Å². The average molecular weight is 359 g/mol. The fourth-order valence-corrected chi connectivity index (χ4v) is 3.78. The fraction of sp³-hybridized carbons (Fsp3) is 0.222. The third kappa shape index (κ3) is 2.62. The smallest absolute Gasteiger partial charge is 0.220 e. The van der Waals surface area contributed by atoms with E-state index >= 15 is 0 Å². The monoisotopic (exact) mass is 358 g/mol. The number of rotatable bonds is 2. The number of aromatic nitrogens is 2. The minimum Gasteiger partial charge on any atom is -0.493 e. The minimum absolute atomic E-state index is 0.0127. The van der Waals surface area contributed by atoms with Gasteiger partial charge >= 0.3 is 0 Å². The molecule has 1 aromatic heterocycles. The van der Waals surface area contributed by atoms with Crippen molar-refractivity contribution < 1.29 is 9.84 Å². The zero-order valence-corrected chi connectivity index (χ0v) is 14.6. The molecule has 0 unspecified atom stereocenters. The Morgan fingerprint density at radius 2 is 2.00 bits per heavy atom. The topological polar surface area (TPSA) is 55.2 Å². The Balaban J connectivity index is 1.79. The van der Waals surface area contributed by atoms with Gasteiger partial charge in [0.05, 0.1) is 24.0 Å². The van der Waals surface area contributed by atoms with Crippen LogP contribution < -0.4 is 0 Å². The summed E-state index contributed by atoms with van der Waals surface area (Å²) in [5.41, 5.74) is 2.56. The maximum absolute atomic E-state index is 10.1. The zero-order valence-electron chi connectivity index (χ0n) is 13.0. The van der Waals surface area contributed by atoms with Crippen LogP contribution >= 0.6 is 23.4 Å². The summed E-state index contributed by atoms with van der Waals surface area (Å²) >= 11 is 7.84. The summed E-state index contributed by atoms with van der Waals surface area (Å²) in [5, 5.41) is 13.5. The van der Waals surface area contributed by atoms with Crippen LogP contribution in [0.2, 0.25) is 5.02 Å². The average Bonchev–Trinajstić information content (AvgIpc) is 2.61. The number of benzene rings is 2. The summed E-state index contributed by atoms with van der Waals surface area (Å²) in [6, 6.07) is 12.0. The van der Waals surface area contributed by atoms with Crippen molar-refractivity contribution in [2.75, 3.05) is 6.26 Å². The summed E-state index contributed by atoms with van der Waals surface area (Å²) in [6.45, 7) is 0.293. The normalized spacial score (nSPS) is 17.0. The van der Waals surface area contributed by atoms with E-state index in [9.17, 15) is 5.11 Å². The Kier molecular flexibility index (Phi) is 4.08. The van der Waals surface area contributed by atoms with Crippen molar-refractivity contribution in [3.63, 3.8) is 0 Å². The van der Waals surface area contributed by atoms with Gasteiger partial charge in [-0.05, 0) is 23.3 Å². The molecule has 2 aromatic carbocycles. The molecule has 0 fully saturated rings. The third-order valence-corrected chi connectivity index (χ3v) is 5.14. The summed E-state index contributed by atoms with van der Waals surface area (Å²) in [5.74, 6) is 0.0127. The first-order chi connectivity index (χ1) is 11.7. The van der Waals surface area contributed by atoms with E-state index in [4.69, 9.17) is 16.3 Å². The first kappa shape index (κ1) is 15.7. The van der Waals surface area contributed by atoms with Crippen LogP contribution in [0.25, 0.3) is 10.8 Å². The largest absolute Gasteiger partial charge is 0.493 e. The van der Waals surface area contributed by atoms with Crippen molar-refractivity contribution >= 4 is 34.1 Å². The summed E-state index contributed by atoms with van der Waals surface area (Å²) in [7, 11) is 0. The molecule has 122 valence electrons. The minimum atomic E-state index is -0.148. The van der Waals surface area contributed by atoms with E-state index < -0.39 is 0 Å². The first-order valence-corrected chi connectivity index (χ1v) is 9.19. The van der Waals surface area contributed by atoms with E-state index in [1.54, 1.807) is 0 Å². The molecule has 0 saturated carbocycles. The number of halogens is 1. The molecule has 2 heterocycles. The molecule has 0 aliphatic carbocycles. The number of hydrogen-bond donors (Lipinski definition) is 1. The molecule has 6 heteroatoms. The molecule has 4 nitrogen and oxygen atoms in total. The van der Waals surface area contributed by atoms with E-state index in [0.717, 1.165) is 22.0 Å². The van der Waals surface area contributed by atoms with Gasteiger partial charge in [-0.15, -0.1) is 0 Å². The lowest BCUT2D eigenvalue weighted by Gasteiger charge is -2.26. The van der Waals surface area contributed by atoms with E-state index in [2.05, 4.69) is 9.97 Å². The first-order valence-electron chi connectivity index (χ1n) is 7.59. The van der Waals surface area contributed by atoms with Crippen molar-refractivity contribution in [3.8, 4) is 5.88 Å². The molecule has 3 aromatic rings. The molecular formula is C18H15ClN2O2S. The predicted molar refractivity (Wildman–Crippen MR) is 95.7 cm³/mol. The van der Waals surface area contributed by atoms with E-state index in [1.165, 1.54) is 11.8 Å². The van der Waals surface area contributed by atoms with Crippen LogP contribution in [0, 0.1) is 0 Å². The maximum Gasteiger partial charge on any atom is 0.220 e. The van der Waals surface area contributed by atoms with Gasteiger partial charge in [0.2, 0.25) is 5.88 Å². The lowest BCUT2D eigenvalue weighted by molar-refractivity contribution is 0.0247. The molecule has 0 radical (unpaired) electrons. The van der Waals surface area contributed by atoms with Gasteiger partial charge in [-0.3, -0.25) is 0 Å². The highest BCUT2D eigenvalue weighted by Gasteiger charge is 2.27. The van der Waals surface area contributed by atoms with Crippen molar-refractivity contribution in [1.29, 1.82) is 0 Å². The number of fused-ring (bicyclic) bond motifs is 2. The highest BCUT2D eigenvalue weighted by Crippen LogP contribution is 2.38. The summed E-state index contributed by atoms with van der Waals surface area (Å²) < 4.78 is 6.00. The standard InChI is InChI=1S/C18H15ClN2O2S/c1-24-18-20-14-8-15(23-9-12(14)17(22)21-18)11-6-2-4-10-5-3-7-13(19)16(10)11/h2-7,15H,8-9H2,1H3,(H,20,21,22)/t15-/m0/s1. The predicted octanol–water partition coefficient (Wildman–Crippen LogP) is 4.52. The Hall–Kier alpha value is -1.82. The quantitative estimate of drug-likeness (QED) is 0.539. The molecule has 24 heavy (non-hydrogen) atoms. The van der Waals surface area contributed by atoms with Crippen molar-refractivity contribution in [1.82, 2.24) is 9.97 Å². The maximum atomic E-state index is 10.1. The van der Waals surface area contributed by atoms with Crippen LogP contribution in [0.15, 0.2) is 41.6 Å². The van der Waals surface area contributed by atoms with Gasteiger partial charge in [-0.25, -0.2) is 4.98 Å². The third-order valence-electron chi connectivity index (χ3n) is 4.27. The number of hydrogen-bond acceptors (Lipinski definition) is 5. The van der Waals surface area contributed by atoms with E-state index in [0.29, 0.717) is 28.8 Å². The van der Waals surface area contributed by atoms with E-state index in [1.807, 2.05) is 42.7 Å². The SMILES string of the molecule is CSc1nc(O)c2c(n1)C[C@@H](c1cccc3cccc(Cl)c13)OC2. The van der Waals surface area contributed by atoms with Crippen molar-refractivity contribution in [3.05, 3.63) is 58.2 Å². The summed E-state index contributed by atoms with van der Waals surface area (Å²) in [4.78, 5) is 8.62. The number of nitrogens with zero attached hydrogens (tertiary/aromatic N) is 2. The van der Waals surface area contributed by atoms with Gasteiger partial charge in [0, 0.05) is 16.8 Å². The van der Waals surface area contributed by atoms with Crippen LogP contribution in [-0.4, -0.2) is 21.3 Å². The Labute approximate surface area is 148 Å². The highest BCUT2D eigenvalue weighted by atomic mass is 35.5. The lowest BCUT2D eigenvalue weighted by atomic mass is 9.95. The molecule has 1 atom stereocenters. The zero-order chi connectivity index (χ0) is 16.7. The van der Waals surface area contributed by atoms with Gasteiger partial charge in [-0.1, -0.05) is 53.7 Å². The number of ether oxygens (including phenoxy) is 1. The molecule has 4 rings (SSSR count). The molecule has 0 spiro atoms. The molecule has 1 N–H and O–H groups in total. The highest BCUT2D eigenvalue weighted by molar-refractivity contribution is 7.98. The van der Waals surface area contributed by atoms with E-state index in [-0.39, 0.29) is 12.0 Å². The molecule has 1 aliphatic heterocycles. The lowest BCUT2D eigenvalue weighted by Crippen LogP contribution is -2.18. The van der Waals surface area contributed by atoms with Gasteiger partial charge in [0.15, 0.2) is 5.16 Å². The van der Waals surface area contributed by atoms with Crippen LogP contribution in [-0.2, 0) is 17.8 Å². The van der Waals surface area contributed by atoms with Crippen molar-refractivity contribution in [2.24, 2.45) is 0 Å². The van der Waals surface area contributed by atoms with Crippen LogP contribution in [0.5, 0.6) is 5.88 Å². The van der Waals surface area contributed by atoms with Gasteiger partial charge in [0.25, 0.3) is 0 Å². The van der Waals surface area contributed by atoms with Crippen LogP contribution in [0.4, 0.5) is 0 Å².